The summed E-state index contributed by atoms with van der Waals surface area (Å²) in [6, 6.07) is 11.6. The first-order valence-electron chi connectivity index (χ1n) is 8.22. The third kappa shape index (κ3) is 4.09. The lowest BCUT2D eigenvalue weighted by Crippen LogP contribution is -2.38. The first-order chi connectivity index (χ1) is 12.2. The van der Waals surface area contributed by atoms with Gasteiger partial charge in [0.05, 0.1) is 6.20 Å². The average Bonchev–Trinajstić information content (AvgIpc) is 2.67. The van der Waals surface area contributed by atoms with Crippen LogP contribution in [0.4, 0.5) is 5.82 Å². The Kier molecular flexibility index (Phi) is 5.51. The number of nitriles is 1. The Bertz CT molecular complexity index is 784. The summed E-state index contributed by atoms with van der Waals surface area (Å²) < 4.78 is 0. The molecule has 0 radical (unpaired) electrons. The second-order valence-electron chi connectivity index (χ2n) is 5.86. The molecule has 0 aliphatic carbocycles. The number of benzene rings is 1. The molecule has 1 aliphatic rings. The minimum atomic E-state index is -0.424. The molecule has 0 bridgehead atoms. The number of anilines is 1. The molecule has 2 heterocycles. The van der Waals surface area contributed by atoms with Gasteiger partial charge in [-0.1, -0.05) is 42.1 Å². The van der Waals surface area contributed by atoms with Crippen LogP contribution in [0.1, 0.15) is 35.6 Å². The Labute approximate surface area is 151 Å². The minimum absolute atomic E-state index is 0.0717. The third-order valence-corrected chi connectivity index (χ3v) is 5.25. The van der Waals surface area contributed by atoms with Gasteiger partial charge in [0.25, 0.3) is 0 Å². The number of nitrogens with zero attached hydrogens (tertiary/aromatic N) is 4. The molecule has 2 N–H and O–H groups in total. The normalized spacial score (nSPS) is 15.4. The highest BCUT2D eigenvalue weighted by molar-refractivity contribution is 8.00. The van der Waals surface area contributed by atoms with Crippen LogP contribution in [0.15, 0.2) is 41.7 Å². The van der Waals surface area contributed by atoms with Gasteiger partial charge < -0.3 is 10.6 Å². The molecule has 1 aromatic carbocycles. The molecule has 2 aromatic rings. The van der Waals surface area contributed by atoms with Crippen LogP contribution in [-0.4, -0.2) is 33.9 Å². The van der Waals surface area contributed by atoms with Crippen molar-refractivity contribution < 1.29 is 4.79 Å². The topological polar surface area (TPSA) is 95.9 Å². The number of amides is 1. The molecule has 6 nitrogen and oxygen atoms in total. The van der Waals surface area contributed by atoms with Gasteiger partial charge in [-0.2, -0.15) is 5.26 Å². The van der Waals surface area contributed by atoms with E-state index < -0.39 is 5.25 Å². The zero-order chi connectivity index (χ0) is 17.6. The molecule has 128 valence electrons. The maximum absolute atomic E-state index is 13.1. The SMILES string of the molecule is N#Cc1cnc(S[C@H](C(=O)N2CCCCC2)c2ccccc2)nc1N. The average molecular weight is 353 g/mol. The standard InChI is InChI=1S/C18H19N5OS/c19-11-14-12-21-18(22-16(14)20)25-15(13-7-3-1-4-8-13)17(24)23-9-5-2-6-10-23/h1,3-4,7-8,12,15H,2,5-6,9-10H2,(H2,20,21,22)/t15-/m0/s1. The Morgan fingerprint density at radius 1 is 1.24 bits per heavy atom. The van der Waals surface area contributed by atoms with E-state index in [9.17, 15) is 4.79 Å². The van der Waals surface area contributed by atoms with Crippen molar-refractivity contribution in [2.24, 2.45) is 0 Å². The van der Waals surface area contributed by atoms with Gasteiger partial charge in [0.2, 0.25) is 5.91 Å². The number of aromatic nitrogens is 2. The summed E-state index contributed by atoms with van der Waals surface area (Å²) in [6.07, 6.45) is 4.65. The number of thioether (sulfide) groups is 1. The van der Waals surface area contributed by atoms with E-state index in [0.29, 0.717) is 5.16 Å². The van der Waals surface area contributed by atoms with Crippen LogP contribution < -0.4 is 5.73 Å². The number of rotatable bonds is 4. The van der Waals surface area contributed by atoms with Gasteiger partial charge in [0.15, 0.2) is 5.16 Å². The molecule has 1 amide bonds. The van der Waals surface area contributed by atoms with E-state index in [0.717, 1.165) is 31.5 Å². The Hall–Kier alpha value is -2.59. The molecule has 3 rings (SSSR count). The number of carbonyl (C=O) groups is 1. The first-order valence-corrected chi connectivity index (χ1v) is 9.10. The molecule has 1 saturated heterocycles. The summed E-state index contributed by atoms with van der Waals surface area (Å²) in [7, 11) is 0. The molecule has 0 unspecified atom stereocenters. The van der Waals surface area contributed by atoms with E-state index in [1.165, 1.54) is 24.4 Å². The fourth-order valence-corrected chi connectivity index (χ4v) is 3.81. The molecular formula is C18H19N5OS. The zero-order valence-corrected chi connectivity index (χ0v) is 14.6. The third-order valence-electron chi connectivity index (χ3n) is 4.13. The number of hydrogen-bond donors (Lipinski definition) is 1. The molecule has 1 atom stereocenters. The predicted molar refractivity (Wildman–Crippen MR) is 96.6 cm³/mol. The largest absolute Gasteiger partial charge is 0.382 e. The maximum Gasteiger partial charge on any atom is 0.240 e. The smallest absolute Gasteiger partial charge is 0.240 e. The van der Waals surface area contributed by atoms with Crippen LogP contribution >= 0.6 is 11.8 Å². The number of nitrogens with two attached hydrogens (primary N) is 1. The van der Waals surface area contributed by atoms with E-state index in [-0.39, 0.29) is 17.3 Å². The van der Waals surface area contributed by atoms with Gasteiger partial charge in [0, 0.05) is 13.1 Å². The molecule has 7 heteroatoms. The van der Waals surface area contributed by atoms with Gasteiger partial charge in [0.1, 0.15) is 22.7 Å². The summed E-state index contributed by atoms with van der Waals surface area (Å²) in [6.45, 7) is 1.58. The van der Waals surface area contributed by atoms with Crippen molar-refractivity contribution in [3.63, 3.8) is 0 Å². The second kappa shape index (κ2) is 7.99. The van der Waals surface area contributed by atoms with E-state index in [2.05, 4.69) is 9.97 Å². The highest BCUT2D eigenvalue weighted by Gasteiger charge is 2.29. The summed E-state index contributed by atoms with van der Waals surface area (Å²) in [5.41, 5.74) is 6.93. The lowest BCUT2D eigenvalue weighted by Gasteiger charge is -2.30. The number of piperidine rings is 1. The van der Waals surface area contributed by atoms with Crippen LogP contribution in [0.25, 0.3) is 0 Å². The number of hydrogen-bond acceptors (Lipinski definition) is 6. The fraction of sp³-hybridized carbons (Fsp3) is 0.333. The van der Waals surface area contributed by atoms with Gasteiger partial charge in [-0.05, 0) is 24.8 Å². The van der Waals surface area contributed by atoms with Crippen molar-refractivity contribution in [2.75, 3.05) is 18.8 Å². The molecule has 1 aliphatic heterocycles. The van der Waals surface area contributed by atoms with Crippen LogP contribution in [0.2, 0.25) is 0 Å². The van der Waals surface area contributed by atoms with Crippen molar-refractivity contribution in [1.29, 1.82) is 5.26 Å². The minimum Gasteiger partial charge on any atom is -0.382 e. The first kappa shape index (κ1) is 17.2. The highest BCUT2D eigenvalue weighted by atomic mass is 32.2. The second-order valence-corrected chi connectivity index (χ2v) is 6.93. The number of carbonyl (C=O) groups excluding carboxylic acids is 1. The van der Waals surface area contributed by atoms with Crippen molar-refractivity contribution in [3.05, 3.63) is 47.7 Å². The maximum atomic E-state index is 13.1. The van der Waals surface area contributed by atoms with E-state index in [1.807, 2.05) is 41.3 Å². The predicted octanol–water partition coefficient (Wildman–Crippen LogP) is 2.78. The molecule has 1 aromatic heterocycles. The molecule has 0 spiro atoms. The quantitative estimate of drug-likeness (QED) is 0.671. The van der Waals surface area contributed by atoms with Crippen LogP contribution in [0, 0.1) is 11.3 Å². The summed E-state index contributed by atoms with van der Waals surface area (Å²) in [5.74, 6) is 0.208. The van der Waals surface area contributed by atoms with Gasteiger partial charge >= 0.3 is 0 Å². The van der Waals surface area contributed by atoms with Crippen molar-refractivity contribution >= 4 is 23.5 Å². The molecule has 25 heavy (non-hydrogen) atoms. The van der Waals surface area contributed by atoms with Gasteiger partial charge in [-0.25, -0.2) is 9.97 Å². The number of likely N-dealkylation sites (tertiary alicyclic amines) is 1. The Morgan fingerprint density at radius 3 is 2.60 bits per heavy atom. The number of nitrogen functional groups attached to an aromatic ring is 1. The van der Waals surface area contributed by atoms with Gasteiger partial charge in [-0.15, -0.1) is 0 Å². The molecule has 1 fully saturated rings. The summed E-state index contributed by atoms with van der Waals surface area (Å²) in [5, 5.41) is 8.92. The van der Waals surface area contributed by atoms with Crippen molar-refractivity contribution in [2.45, 2.75) is 29.7 Å². The van der Waals surface area contributed by atoms with Crippen LogP contribution in [-0.2, 0) is 4.79 Å². The van der Waals surface area contributed by atoms with E-state index in [4.69, 9.17) is 11.0 Å². The van der Waals surface area contributed by atoms with Crippen LogP contribution in [0.5, 0.6) is 0 Å². The Morgan fingerprint density at radius 2 is 1.96 bits per heavy atom. The van der Waals surface area contributed by atoms with E-state index in [1.54, 1.807) is 0 Å². The van der Waals surface area contributed by atoms with Crippen molar-refractivity contribution in [3.8, 4) is 6.07 Å². The molecule has 0 saturated carbocycles. The fourth-order valence-electron chi connectivity index (χ4n) is 2.80. The molecular weight excluding hydrogens is 334 g/mol. The van der Waals surface area contributed by atoms with Gasteiger partial charge in [-0.3, -0.25) is 4.79 Å². The highest BCUT2D eigenvalue weighted by Crippen LogP contribution is 2.36. The van der Waals surface area contributed by atoms with E-state index >= 15 is 0 Å². The summed E-state index contributed by atoms with van der Waals surface area (Å²) >= 11 is 1.27. The van der Waals surface area contributed by atoms with Crippen LogP contribution in [0.3, 0.4) is 0 Å². The summed E-state index contributed by atoms with van der Waals surface area (Å²) in [4.78, 5) is 23.3. The Balaban J connectivity index is 1.87. The zero-order valence-electron chi connectivity index (χ0n) is 13.8. The monoisotopic (exact) mass is 353 g/mol. The lowest BCUT2D eigenvalue weighted by atomic mass is 10.1. The lowest BCUT2D eigenvalue weighted by molar-refractivity contribution is -0.131. The van der Waals surface area contributed by atoms with Crippen molar-refractivity contribution in [1.82, 2.24) is 14.9 Å².